The molecule has 0 atom stereocenters. The normalized spacial score (nSPS) is 21.5. The predicted octanol–water partition coefficient (Wildman–Crippen LogP) is 1.57. The lowest BCUT2D eigenvalue weighted by molar-refractivity contribution is 0.523. The highest BCUT2D eigenvalue weighted by Crippen LogP contribution is 2.31. The Kier molecular flexibility index (Phi) is 1.08. The fraction of sp³-hybridized carbons (Fsp3) is 0.800. The first-order valence-corrected chi connectivity index (χ1v) is 2.33. The molecule has 1 radical (unpaired) electrons. The summed E-state index contributed by atoms with van der Waals surface area (Å²) in [4.78, 5) is 0. The molecule has 1 heteroatoms. The Bertz CT molecular complexity index is 39.2. The van der Waals surface area contributed by atoms with Crippen LogP contribution in [0.1, 0.15) is 12.8 Å². The lowest BCUT2D eigenvalue weighted by Crippen LogP contribution is -1.76. The molecule has 0 N–H and O–H groups in total. The standard InChI is InChI=1S/C5H8F/c6-4-3-5-1-2-5/h3,5H,1-2,4H2. The molecule has 6 heavy (non-hydrogen) atoms. The zero-order valence-corrected chi connectivity index (χ0v) is 3.65. The number of halogens is 1. The Labute approximate surface area is 37.4 Å². The van der Waals surface area contributed by atoms with E-state index in [2.05, 4.69) is 0 Å². The van der Waals surface area contributed by atoms with Crippen molar-refractivity contribution >= 4 is 0 Å². The fourth-order valence-corrected chi connectivity index (χ4v) is 0.458. The van der Waals surface area contributed by atoms with Gasteiger partial charge in [0, 0.05) is 0 Å². The summed E-state index contributed by atoms with van der Waals surface area (Å²) in [6.07, 6.45) is 4.19. The minimum absolute atomic E-state index is 0.231. The number of hydrogen-bond acceptors (Lipinski definition) is 0. The van der Waals surface area contributed by atoms with Crippen LogP contribution in [-0.4, -0.2) is 6.67 Å². The number of hydrogen-bond donors (Lipinski definition) is 0. The summed E-state index contributed by atoms with van der Waals surface area (Å²) in [5.74, 6) is 0.648. The molecule has 0 aromatic heterocycles. The summed E-state index contributed by atoms with van der Waals surface area (Å²) in [6, 6.07) is 0. The van der Waals surface area contributed by atoms with Gasteiger partial charge in [0.2, 0.25) is 0 Å². The lowest BCUT2D eigenvalue weighted by Gasteiger charge is -1.79. The van der Waals surface area contributed by atoms with E-state index in [9.17, 15) is 4.39 Å². The number of rotatable bonds is 2. The average molecular weight is 87.1 g/mol. The Morgan fingerprint density at radius 3 is 2.50 bits per heavy atom. The molecule has 1 saturated carbocycles. The van der Waals surface area contributed by atoms with Crippen LogP contribution in [0.5, 0.6) is 0 Å². The molecular formula is C5H8F. The molecule has 0 bridgehead atoms. The van der Waals surface area contributed by atoms with Crippen molar-refractivity contribution in [1.82, 2.24) is 0 Å². The smallest absolute Gasteiger partial charge is 0.0928 e. The first-order valence-electron chi connectivity index (χ1n) is 2.33. The van der Waals surface area contributed by atoms with Crippen molar-refractivity contribution in [1.29, 1.82) is 0 Å². The van der Waals surface area contributed by atoms with Crippen LogP contribution in [0.3, 0.4) is 0 Å². The van der Waals surface area contributed by atoms with E-state index in [-0.39, 0.29) is 6.67 Å². The van der Waals surface area contributed by atoms with Crippen molar-refractivity contribution in [2.45, 2.75) is 12.8 Å². The Morgan fingerprint density at radius 1 is 1.67 bits per heavy atom. The third-order valence-corrected chi connectivity index (χ3v) is 1.04. The van der Waals surface area contributed by atoms with Gasteiger partial charge in [0.15, 0.2) is 0 Å². The van der Waals surface area contributed by atoms with Crippen molar-refractivity contribution in [2.75, 3.05) is 6.67 Å². The summed E-state index contributed by atoms with van der Waals surface area (Å²) in [7, 11) is 0. The van der Waals surface area contributed by atoms with Crippen LogP contribution in [0, 0.1) is 12.3 Å². The molecule has 0 saturated heterocycles. The fourth-order valence-electron chi connectivity index (χ4n) is 0.458. The van der Waals surface area contributed by atoms with E-state index in [1.54, 1.807) is 6.42 Å². The van der Waals surface area contributed by atoms with Crippen molar-refractivity contribution in [3.8, 4) is 0 Å². The van der Waals surface area contributed by atoms with E-state index in [1.165, 1.54) is 12.8 Å². The molecular weight excluding hydrogens is 79.1 g/mol. The molecule has 0 aliphatic heterocycles. The minimum Gasteiger partial charge on any atom is -0.251 e. The van der Waals surface area contributed by atoms with Gasteiger partial charge in [-0.2, -0.15) is 0 Å². The highest BCUT2D eigenvalue weighted by atomic mass is 19.1. The summed E-state index contributed by atoms with van der Waals surface area (Å²) in [5.41, 5.74) is 0. The molecule has 1 aliphatic carbocycles. The van der Waals surface area contributed by atoms with Gasteiger partial charge in [-0.25, -0.2) is 0 Å². The Hall–Kier alpha value is -0.0700. The van der Waals surface area contributed by atoms with Crippen LogP contribution in [0.25, 0.3) is 0 Å². The molecule has 1 fully saturated rings. The van der Waals surface area contributed by atoms with Gasteiger partial charge >= 0.3 is 0 Å². The maximum absolute atomic E-state index is 11.2. The van der Waals surface area contributed by atoms with Crippen molar-refractivity contribution in [3.05, 3.63) is 6.42 Å². The average Bonchev–Trinajstić information content (AvgIpc) is 2.21. The van der Waals surface area contributed by atoms with Gasteiger partial charge in [-0.3, -0.25) is 4.39 Å². The van der Waals surface area contributed by atoms with Crippen LogP contribution in [0.2, 0.25) is 0 Å². The molecule has 0 aromatic carbocycles. The van der Waals surface area contributed by atoms with E-state index in [0.717, 1.165) is 0 Å². The highest BCUT2D eigenvalue weighted by molar-refractivity contribution is 4.86. The van der Waals surface area contributed by atoms with Crippen molar-refractivity contribution < 1.29 is 4.39 Å². The molecule has 0 amide bonds. The van der Waals surface area contributed by atoms with Gasteiger partial charge < -0.3 is 0 Å². The van der Waals surface area contributed by atoms with E-state index in [4.69, 9.17) is 0 Å². The topological polar surface area (TPSA) is 0 Å². The van der Waals surface area contributed by atoms with E-state index in [1.807, 2.05) is 0 Å². The molecule has 0 heterocycles. The summed E-state index contributed by atoms with van der Waals surface area (Å²) < 4.78 is 11.2. The predicted molar refractivity (Wildman–Crippen MR) is 23.0 cm³/mol. The molecule has 1 rings (SSSR count). The van der Waals surface area contributed by atoms with Gasteiger partial charge in [-0.1, -0.05) is 0 Å². The van der Waals surface area contributed by atoms with Gasteiger partial charge in [-0.05, 0) is 25.2 Å². The lowest BCUT2D eigenvalue weighted by atomic mass is 10.3. The first-order chi connectivity index (χ1) is 2.93. The first kappa shape index (κ1) is 4.10. The monoisotopic (exact) mass is 87.1 g/mol. The van der Waals surface area contributed by atoms with Crippen LogP contribution >= 0.6 is 0 Å². The van der Waals surface area contributed by atoms with E-state index >= 15 is 0 Å². The minimum atomic E-state index is -0.231. The Morgan fingerprint density at radius 2 is 2.33 bits per heavy atom. The second-order valence-electron chi connectivity index (χ2n) is 1.73. The van der Waals surface area contributed by atoms with Crippen molar-refractivity contribution in [3.63, 3.8) is 0 Å². The maximum atomic E-state index is 11.2. The summed E-state index contributed by atoms with van der Waals surface area (Å²) in [5, 5.41) is 0. The van der Waals surface area contributed by atoms with Crippen LogP contribution in [-0.2, 0) is 0 Å². The van der Waals surface area contributed by atoms with Crippen LogP contribution in [0.4, 0.5) is 4.39 Å². The molecule has 0 nitrogen and oxygen atoms in total. The summed E-state index contributed by atoms with van der Waals surface area (Å²) >= 11 is 0. The van der Waals surface area contributed by atoms with Gasteiger partial charge in [-0.15, -0.1) is 0 Å². The van der Waals surface area contributed by atoms with Gasteiger partial charge in [0.05, 0.1) is 6.67 Å². The molecule has 35 valence electrons. The van der Waals surface area contributed by atoms with Gasteiger partial charge in [0.1, 0.15) is 0 Å². The number of alkyl halides is 1. The second-order valence-corrected chi connectivity index (χ2v) is 1.73. The molecule has 0 spiro atoms. The quantitative estimate of drug-likeness (QED) is 0.479. The zero-order valence-electron chi connectivity index (χ0n) is 3.65. The molecule has 0 unspecified atom stereocenters. The Balaban J connectivity index is 1.88. The van der Waals surface area contributed by atoms with E-state index < -0.39 is 0 Å². The largest absolute Gasteiger partial charge is 0.251 e. The van der Waals surface area contributed by atoms with Crippen LogP contribution < -0.4 is 0 Å². The SMILES string of the molecule is FC[CH]C1CC1. The molecule has 1 aliphatic rings. The summed E-state index contributed by atoms with van der Waals surface area (Å²) in [6.45, 7) is -0.231. The third kappa shape index (κ3) is 0.959. The molecule has 0 aromatic rings. The van der Waals surface area contributed by atoms with E-state index in [0.29, 0.717) is 5.92 Å². The maximum Gasteiger partial charge on any atom is 0.0928 e. The third-order valence-electron chi connectivity index (χ3n) is 1.04. The zero-order chi connectivity index (χ0) is 4.41. The van der Waals surface area contributed by atoms with Crippen molar-refractivity contribution in [2.24, 2.45) is 5.92 Å². The van der Waals surface area contributed by atoms with Crippen LogP contribution in [0.15, 0.2) is 0 Å². The highest BCUT2D eigenvalue weighted by Gasteiger charge is 2.20. The second kappa shape index (κ2) is 1.59. The van der Waals surface area contributed by atoms with Gasteiger partial charge in [0.25, 0.3) is 0 Å².